The Labute approximate surface area is 140 Å². The van der Waals surface area contributed by atoms with Crippen LogP contribution < -0.4 is 10.1 Å². The van der Waals surface area contributed by atoms with Crippen LogP contribution in [0.4, 0.5) is 0 Å². The van der Waals surface area contributed by atoms with E-state index in [1.54, 1.807) is 19.6 Å². The molecule has 1 atom stereocenters. The van der Waals surface area contributed by atoms with E-state index >= 15 is 0 Å². The molecule has 7 heteroatoms. The molecular weight excluding hydrogens is 308 g/mol. The number of aromatic amines is 1. The van der Waals surface area contributed by atoms with Crippen LogP contribution in [0, 0.1) is 5.92 Å². The first-order chi connectivity index (χ1) is 11.8. The third-order valence-electron chi connectivity index (χ3n) is 4.16. The lowest BCUT2D eigenvalue weighted by Crippen LogP contribution is -2.33. The SMILES string of the molecule is COCCOc1cc(CNC(=O)C2CCc3nc[nH]c3C2)ccn1. The van der Waals surface area contributed by atoms with E-state index in [0.717, 1.165) is 36.2 Å². The number of pyridine rings is 1. The van der Waals surface area contributed by atoms with Crippen molar-refractivity contribution in [2.75, 3.05) is 20.3 Å². The fourth-order valence-electron chi connectivity index (χ4n) is 2.83. The van der Waals surface area contributed by atoms with Crippen LogP contribution in [0.15, 0.2) is 24.7 Å². The molecule has 2 N–H and O–H groups in total. The summed E-state index contributed by atoms with van der Waals surface area (Å²) in [5.41, 5.74) is 3.13. The summed E-state index contributed by atoms with van der Waals surface area (Å²) >= 11 is 0. The molecule has 0 aromatic carbocycles. The van der Waals surface area contributed by atoms with Gasteiger partial charge in [0.2, 0.25) is 11.8 Å². The van der Waals surface area contributed by atoms with Gasteiger partial charge in [0.05, 0.1) is 18.6 Å². The molecule has 0 saturated carbocycles. The van der Waals surface area contributed by atoms with Crippen LogP contribution in [0.25, 0.3) is 0 Å². The molecule has 0 saturated heterocycles. The minimum atomic E-state index is -0.00258. The van der Waals surface area contributed by atoms with Gasteiger partial charge in [-0.3, -0.25) is 4.79 Å². The molecule has 0 spiro atoms. The van der Waals surface area contributed by atoms with Crippen molar-refractivity contribution in [1.29, 1.82) is 0 Å². The Balaban J connectivity index is 1.50. The average Bonchev–Trinajstić information content (AvgIpc) is 3.08. The minimum Gasteiger partial charge on any atom is -0.475 e. The Morgan fingerprint density at radius 3 is 3.21 bits per heavy atom. The molecule has 0 radical (unpaired) electrons. The fourth-order valence-corrected chi connectivity index (χ4v) is 2.83. The minimum absolute atomic E-state index is 0.00258. The smallest absolute Gasteiger partial charge is 0.223 e. The lowest BCUT2D eigenvalue weighted by atomic mass is 9.89. The predicted molar refractivity (Wildman–Crippen MR) is 87.6 cm³/mol. The molecular formula is C17H22N4O3. The number of hydrogen-bond donors (Lipinski definition) is 2. The summed E-state index contributed by atoms with van der Waals surface area (Å²) in [5, 5.41) is 3.00. The van der Waals surface area contributed by atoms with Crippen molar-refractivity contribution in [3.8, 4) is 5.88 Å². The van der Waals surface area contributed by atoms with E-state index in [9.17, 15) is 4.79 Å². The van der Waals surface area contributed by atoms with E-state index in [0.29, 0.717) is 25.6 Å². The maximum Gasteiger partial charge on any atom is 0.223 e. The lowest BCUT2D eigenvalue weighted by molar-refractivity contribution is -0.125. The van der Waals surface area contributed by atoms with E-state index < -0.39 is 0 Å². The maximum atomic E-state index is 12.4. The predicted octanol–water partition coefficient (Wildman–Crippen LogP) is 1.25. The molecule has 2 aromatic rings. The van der Waals surface area contributed by atoms with Gasteiger partial charge in [-0.05, 0) is 24.5 Å². The van der Waals surface area contributed by atoms with Crippen molar-refractivity contribution >= 4 is 5.91 Å². The van der Waals surface area contributed by atoms with Crippen LogP contribution in [0.5, 0.6) is 5.88 Å². The van der Waals surface area contributed by atoms with E-state index in [2.05, 4.69) is 20.3 Å². The molecule has 1 unspecified atom stereocenters. The van der Waals surface area contributed by atoms with Crippen LogP contribution in [0.1, 0.15) is 23.4 Å². The number of amides is 1. The molecule has 2 heterocycles. The summed E-state index contributed by atoms with van der Waals surface area (Å²) in [4.78, 5) is 23.9. The second-order valence-corrected chi connectivity index (χ2v) is 5.83. The van der Waals surface area contributed by atoms with Crippen LogP contribution in [-0.2, 0) is 28.9 Å². The molecule has 1 aliphatic rings. The van der Waals surface area contributed by atoms with Gasteiger partial charge in [0.15, 0.2) is 0 Å². The average molecular weight is 330 g/mol. The first-order valence-electron chi connectivity index (χ1n) is 8.11. The molecule has 0 fully saturated rings. The summed E-state index contributed by atoms with van der Waals surface area (Å²) in [6.07, 6.45) is 5.80. The summed E-state index contributed by atoms with van der Waals surface area (Å²) < 4.78 is 10.4. The van der Waals surface area contributed by atoms with Gasteiger partial charge in [-0.2, -0.15) is 0 Å². The number of aromatic nitrogens is 3. The Kier molecular flexibility index (Phi) is 5.43. The zero-order valence-corrected chi connectivity index (χ0v) is 13.7. The van der Waals surface area contributed by atoms with Gasteiger partial charge in [0.25, 0.3) is 0 Å². The van der Waals surface area contributed by atoms with Crippen molar-refractivity contribution in [3.63, 3.8) is 0 Å². The third-order valence-corrected chi connectivity index (χ3v) is 4.16. The monoisotopic (exact) mass is 330 g/mol. The van der Waals surface area contributed by atoms with Crippen molar-refractivity contribution < 1.29 is 14.3 Å². The Morgan fingerprint density at radius 1 is 1.42 bits per heavy atom. The number of aryl methyl sites for hydroxylation is 1. The highest BCUT2D eigenvalue weighted by molar-refractivity contribution is 5.79. The number of carbonyl (C=O) groups excluding carboxylic acids is 1. The normalized spacial score (nSPS) is 16.5. The number of imidazole rings is 1. The highest BCUT2D eigenvalue weighted by Crippen LogP contribution is 2.23. The Hall–Kier alpha value is -2.41. The number of nitrogens with zero attached hydrogens (tertiary/aromatic N) is 2. The van der Waals surface area contributed by atoms with Gasteiger partial charge < -0.3 is 19.8 Å². The van der Waals surface area contributed by atoms with Crippen LogP contribution in [0.2, 0.25) is 0 Å². The second-order valence-electron chi connectivity index (χ2n) is 5.83. The summed E-state index contributed by atoms with van der Waals surface area (Å²) in [7, 11) is 1.63. The second kappa shape index (κ2) is 7.92. The van der Waals surface area contributed by atoms with Crippen LogP contribution in [0.3, 0.4) is 0 Å². The van der Waals surface area contributed by atoms with Gasteiger partial charge in [-0.1, -0.05) is 0 Å². The first kappa shape index (κ1) is 16.4. The van der Waals surface area contributed by atoms with Crippen molar-refractivity contribution in [1.82, 2.24) is 20.3 Å². The zero-order chi connectivity index (χ0) is 16.8. The van der Waals surface area contributed by atoms with Crippen LogP contribution >= 0.6 is 0 Å². The summed E-state index contributed by atoms with van der Waals surface area (Å²) in [6.45, 7) is 1.43. The van der Waals surface area contributed by atoms with Gasteiger partial charge >= 0.3 is 0 Å². The van der Waals surface area contributed by atoms with E-state index in [4.69, 9.17) is 9.47 Å². The van der Waals surface area contributed by atoms with Gasteiger partial charge in [0, 0.05) is 44.0 Å². The highest BCUT2D eigenvalue weighted by atomic mass is 16.5. The lowest BCUT2D eigenvalue weighted by Gasteiger charge is -2.20. The maximum absolute atomic E-state index is 12.4. The molecule has 0 bridgehead atoms. The number of carbonyl (C=O) groups is 1. The molecule has 1 aliphatic carbocycles. The quantitative estimate of drug-likeness (QED) is 0.746. The molecule has 128 valence electrons. The molecule has 2 aromatic heterocycles. The largest absolute Gasteiger partial charge is 0.475 e. The van der Waals surface area contributed by atoms with Gasteiger partial charge in [0.1, 0.15) is 6.61 Å². The van der Waals surface area contributed by atoms with Crippen molar-refractivity contribution in [2.45, 2.75) is 25.8 Å². The van der Waals surface area contributed by atoms with Crippen molar-refractivity contribution in [3.05, 3.63) is 41.6 Å². The van der Waals surface area contributed by atoms with Gasteiger partial charge in [-0.15, -0.1) is 0 Å². The number of hydrogen-bond acceptors (Lipinski definition) is 5. The van der Waals surface area contributed by atoms with E-state index in [1.807, 2.05) is 12.1 Å². The topological polar surface area (TPSA) is 89.1 Å². The molecule has 7 nitrogen and oxygen atoms in total. The standard InChI is InChI=1S/C17H22N4O3/c1-23-6-7-24-16-8-12(4-5-18-16)10-19-17(22)13-2-3-14-15(9-13)21-11-20-14/h4-5,8,11,13H,2-3,6-7,9-10H2,1H3,(H,19,22)(H,20,21). The zero-order valence-electron chi connectivity index (χ0n) is 13.7. The number of H-pyrrole nitrogens is 1. The Bertz CT molecular complexity index is 686. The number of methoxy groups -OCH3 is 1. The number of nitrogens with one attached hydrogen (secondary N) is 2. The molecule has 1 amide bonds. The van der Waals surface area contributed by atoms with Gasteiger partial charge in [-0.25, -0.2) is 9.97 Å². The number of ether oxygens (including phenoxy) is 2. The fraction of sp³-hybridized carbons (Fsp3) is 0.471. The van der Waals surface area contributed by atoms with Crippen LogP contribution in [-0.4, -0.2) is 41.2 Å². The molecule has 24 heavy (non-hydrogen) atoms. The molecule has 3 rings (SSSR count). The summed E-state index contributed by atoms with van der Waals surface area (Å²) in [6, 6.07) is 3.71. The van der Waals surface area contributed by atoms with Crippen molar-refractivity contribution in [2.24, 2.45) is 5.92 Å². The van der Waals surface area contributed by atoms with E-state index in [-0.39, 0.29) is 11.8 Å². The van der Waals surface area contributed by atoms with E-state index in [1.165, 1.54) is 0 Å². The first-order valence-corrected chi connectivity index (χ1v) is 8.11. The highest BCUT2D eigenvalue weighted by Gasteiger charge is 2.25. The number of fused-ring (bicyclic) bond motifs is 1. The summed E-state index contributed by atoms with van der Waals surface area (Å²) in [5.74, 6) is 0.615. The number of rotatable bonds is 7. The third kappa shape index (κ3) is 4.11. The molecule has 0 aliphatic heterocycles. The Morgan fingerprint density at radius 2 is 2.33 bits per heavy atom.